The zero-order valence-corrected chi connectivity index (χ0v) is 15.8. The third-order valence-electron chi connectivity index (χ3n) is 6.77. The van der Waals surface area contributed by atoms with Crippen molar-refractivity contribution in [2.24, 2.45) is 0 Å². The molecule has 0 N–H and O–H groups in total. The first-order valence-corrected chi connectivity index (χ1v) is 9.60. The number of likely N-dealkylation sites (tertiary alicyclic amines) is 1. The van der Waals surface area contributed by atoms with Gasteiger partial charge in [-0.15, -0.1) is 0 Å². The topological polar surface area (TPSA) is 55.8 Å². The molecule has 2 fully saturated rings. The maximum atomic E-state index is 12.1. The minimum Gasteiger partial charge on any atom is -0.457 e. The molecule has 3 aliphatic rings. The van der Waals surface area contributed by atoms with Crippen molar-refractivity contribution in [2.45, 2.75) is 69.4 Å². The predicted octanol–water partition coefficient (Wildman–Crippen LogP) is 2.99. The van der Waals surface area contributed by atoms with E-state index in [1.165, 1.54) is 25.0 Å². The van der Waals surface area contributed by atoms with Crippen molar-refractivity contribution in [3.05, 3.63) is 29.3 Å². The summed E-state index contributed by atoms with van der Waals surface area (Å²) in [7, 11) is 2.15. The van der Waals surface area contributed by atoms with Crippen LogP contribution in [0.4, 0.5) is 0 Å². The number of hydrogen-bond donors (Lipinski definition) is 0. The van der Waals surface area contributed by atoms with E-state index < -0.39 is 5.60 Å². The molecule has 5 heteroatoms. The molecule has 1 saturated heterocycles. The van der Waals surface area contributed by atoms with Gasteiger partial charge in [0, 0.05) is 19.3 Å². The molecule has 2 aliphatic carbocycles. The Morgan fingerprint density at radius 3 is 2.62 bits per heavy atom. The summed E-state index contributed by atoms with van der Waals surface area (Å²) in [6, 6.07) is 6.21. The number of nitrogens with zero attached hydrogens (tertiary/aromatic N) is 1. The summed E-state index contributed by atoms with van der Waals surface area (Å²) < 4.78 is 11.6. The van der Waals surface area contributed by atoms with Crippen LogP contribution in [0.5, 0.6) is 5.75 Å². The second kappa shape index (κ2) is 6.08. The summed E-state index contributed by atoms with van der Waals surface area (Å²) in [5.74, 6) is 0.0795. The van der Waals surface area contributed by atoms with Gasteiger partial charge in [0.15, 0.2) is 0 Å². The first-order chi connectivity index (χ1) is 12.4. The molecular weight excluding hydrogens is 330 g/mol. The highest BCUT2D eigenvalue weighted by Gasteiger charge is 2.65. The van der Waals surface area contributed by atoms with Crippen molar-refractivity contribution in [1.82, 2.24) is 4.90 Å². The van der Waals surface area contributed by atoms with Gasteiger partial charge < -0.3 is 9.47 Å². The van der Waals surface area contributed by atoms with Gasteiger partial charge in [-0.05, 0) is 69.0 Å². The zero-order valence-electron chi connectivity index (χ0n) is 15.8. The van der Waals surface area contributed by atoms with Crippen LogP contribution in [0, 0.1) is 0 Å². The fourth-order valence-electron chi connectivity index (χ4n) is 5.87. The molecule has 140 valence electrons. The normalized spacial score (nSPS) is 33.0. The van der Waals surface area contributed by atoms with Gasteiger partial charge in [0.1, 0.15) is 11.4 Å². The van der Waals surface area contributed by atoms with Gasteiger partial charge in [0.2, 0.25) is 0 Å². The van der Waals surface area contributed by atoms with Crippen LogP contribution in [0.15, 0.2) is 18.2 Å². The quantitative estimate of drug-likeness (QED) is 0.602. The molecule has 2 bridgehead atoms. The van der Waals surface area contributed by atoms with E-state index in [1.54, 1.807) is 0 Å². The Hall–Kier alpha value is -1.88. The Morgan fingerprint density at radius 1 is 1.12 bits per heavy atom. The SMILES string of the molecule is CC(=O)Oc1ccc2c(c1)[C@@]13CCCC[C@@]1(OC(C)=O)[C@@H](C2)N(C)CC3. The van der Waals surface area contributed by atoms with E-state index in [0.29, 0.717) is 5.75 Å². The van der Waals surface area contributed by atoms with Gasteiger partial charge in [-0.2, -0.15) is 0 Å². The van der Waals surface area contributed by atoms with Gasteiger partial charge in [-0.1, -0.05) is 12.5 Å². The molecule has 0 spiro atoms. The lowest BCUT2D eigenvalue weighted by Gasteiger charge is -2.64. The maximum Gasteiger partial charge on any atom is 0.308 e. The molecule has 3 atom stereocenters. The van der Waals surface area contributed by atoms with E-state index in [1.807, 2.05) is 12.1 Å². The number of carbonyl (C=O) groups excluding carboxylic acids is 2. The van der Waals surface area contributed by atoms with E-state index in [9.17, 15) is 9.59 Å². The average Bonchev–Trinajstić information content (AvgIpc) is 2.57. The maximum absolute atomic E-state index is 12.1. The van der Waals surface area contributed by atoms with Crippen molar-refractivity contribution in [3.8, 4) is 5.75 Å². The first-order valence-electron chi connectivity index (χ1n) is 9.60. The molecule has 4 rings (SSSR count). The van der Waals surface area contributed by atoms with Crippen LogP contribution >= 0.6 is 0 Å². The monoisotopic (exact) mass is 357 g/mol. The number of fused-ring (bicyclic) bond motifs is 1. The standard InChI is InChI=1S/C21H27NO4/c1-14(23)25-17-7-6-16-12-19-21(26-15(2)24)9-5-4-8-20(21,18(16)13-17)10-11-22(19)3/h6-7,13,19H,4-5,8-12H2,1-3H3/t19-,20+,21-/m1/s1. The summed E-state index contributed by atoms with van der Waals surface area (Å²) in [5, 5.41) is 0. The van der Waals surface area contributed by atoms with Crippen LogP contribution in [-0.4, -0.2) is 42.1 Å². The lowest BCUT2D eigenvalue weighted by Crippen LogP contribution is -2.73. The van der Waals surface area contributed by atoms with Crippen molar-refractivity contribution in [2.75, 3.05) is 13.6 Å². The molecule has 1 heterocycles. The van der Waals surface area contributed by atoms with E-state index in [0.717, 1.165) is 45.1 Å². The molecule has 1 aromatic rings. The van der Waals surface area contributed by atoms with Crippen LogP contribution in [-0.2, 0) is 26.2 Å². The highest BCUT2D eigenvalue weighted by atomic mass is 16.6. The third-order valence-corrected chi connectivity index (χ3v) is 6.77. The average molecular weight is 357 g/mol. The van der Waals surface area contributed by atoms with Crippen LogP contribution < -0.4 is 4.74 Å². The molecule has 5 nitrogen and oxygen atoms in total. The molecule has 26 heavy (non-hydrogen) atoms. The fourth-order valence-corrected chi connectivity index (χ4v) is 5.87. The Labute approximate surface area is 154 Å². The Bertz CT molecular complexity index is 760. The van der Waals surface area contributed by atoms with Crippen molar-refractivity contribution >= 4 is 11.9 Å². The molecule has 1 aromatic carbocycles. The molecule has 0 radical (unpaired) electrons. The summed E-state index contributed by atoms with van der Waals surface area (Å²) in [6.45, 7) is 3.94. The number of piperidine rings is 1. The lowest BCUT2D eigenvalue weighted by atomic mass is 9.49. The summed E-state index contributed by atoms with van der Waals surface area (Å²) in [5.41, 5.74) is 1.85. The minimum absolute atomic E-state index is 0.183. The second-order valence-electron chi connectivity index (χ2n) is 8.14. The third kappa shape index (κ3) is 2.40. The van der Waals surface area contributed by atoms with E-state index >= 15 is 0 Å². The Kier molecular flexibility index (Phi) is 4.10. The Balaban J connectivity index is 1.90. The fraction of sp³-hybridized carbons (Fsp3) is 0.619. The van der Waals surface area contributed by atoms with Gasteiger partial charge in [-0.3, -0.25) is 14.5 Å². The number of esters is 2. The minimum atomic E-state index is -0.480. The molecule has 1 saturated carbocycles. The van der Waals surface area contributed by atoms with E-state index in [-0.39, 0.29) is 23.4 Å². The lowest BCUT2D eigenvalue weighted by molar-refractivity contribution is -0.202. The number of rotatable bonds is 2. The van der Waals surface area contributed by atoms with Crippen molar-refractivity contribution in [3.63, 3.8) is 0 Å². The van der Waals surface area contributed by atoms with Crippen LogP contribution in [0.1, 0.15) is 57.1 Å². The first kappa shape index (κ1) is 17.5. The number of carbonyl (C=O) groups is 2. The van der Waals surface area contributed by atoms with Crippen molar-refractivity contribution in [1.29, 1.82) is 0 Å². The van der Waals surface area contributed by atoms with E-state index in [2.05, 4.69) is 18.0 Å². The molecule has 1 aliphatic heterocycles. The number of benzene rings is 1. The number of hydrogen-bond acceptors (Lipinski definition) is 5. The summed E-state index contributed by atoms with van der Waals surface area (Å²) >= 11 is 0. The van der Waals surface area contributed by atoms with Gasteiger partial charge in [-0.25, -0.2) is 0 Å². The summed E-state index contributed by atoms with van der Waals surface area (Å²) in [6.07, 6.45) is 5.96. The molecule has 0 amide bonds. The number of likely N-dealkylation sites (N-methyl/N-ethyl adjacent to an activating group) is 1. The number of ether oxygens (including phenoxy) is 2. The van der Waals surface area contributed by atoms with Crippen LogP contribution in [0.2, 0.25) is 0 Å². The van der Waals surface area contributed by atoms with Gasteiger partial charge in [0.05, 0.1) is 6.04 Å². The molecule has 0 aromatic heterocycles. The van der Waals surface area contributed by atoms with Gasteiger partial charge >= 0.3 is 11.9 Å². The second-order valence-corrected chi connectivity index (χ2v) is 8.14. The Morgan fingerprint density at radius 2 is 1.88 bits per heavy atom. The smallest absolute Gasteiger partial charge is 0.308 e. The zero-order chi connectivity index (χ0) is 18.5. The van der Waals surface area contributed by atoms with E-state index in [4.69, 9.17) is 9.47 Å². The van der Waals surface area contributed by atoms with Crippen LogP contribution in [0.25, 0.3) is 0 Å². The molecule has 0 unspecified atom stereocenters. The highest BCUT2D eigenvalue weighted by molar-refractivity contribution is 5.70. The van der Waals surface area contributed by atoms with Crippen LogP contribution in [0.3, 0.4) is 0 Å². The highest BCUT2D eigenvalue weighted by Crippen LogP contribution is 2.60. The van der Waals surface area contributed by atoms with Gasteiger partial charge in [0.25, 0.3) is 0 Å². The predicted molar refractivity (Wildman–Crippen MR) is 97.1 cm³/mol. The van der Waals surface area contributed by atoms with Crippen molar-refractivity contribution < 1.29 is 19.1 Å². The molecular formula is C21H27NO4. The summed E-state index contributed by atoms with van der Waals surface area (Å²) in [4.78, 5) is 25.9. The largest absolute Gasteiger partial charge is 0.457 e.